The van der Waals surface area contributed by atoms with Crippen molar-refractivity contribution in [2.24, 2.45) is 0 Å². The van der Waals surface area contributed by atoms with Crippen molar-refractivity contribution in [3.63, 3.8) is 0 Å². The monoisotopic (exact) mass is 344 g/mol. The van der Waals surface area contributed by atoms with Gasteiger partial charge in [-0.25, -0.2) is 0 Å². The van der Waals surface area contributed by atoms with Crippen LogP contribution in [0, 0.1) is 10.1 Å². The second kappa shape index (κ2) is 6.30. The Bertz CT molecular complexity index is 735. The van der Waals surface area contributed by atoms with Gasteiger partial charge in [-0.2, -0.15) is 0 Å². The zero-order chi connectivity index (χ0) is 15.6. The molecule has 8 heteroatoms. The fourth-order valence-corrected chi connectivity index (χ4v) is 2.24. The van der Waals surface area contributed by atoms with E-state index in [1.165, 1.54) is 30.3 Å². The van der Waals surface area contributed by atoms with Crippen LogP contribution in [0.3, 0.4) is 0 Å². The molecular weight excluding hydrogens is 339 g/mol. The van der Waals surface area contributed by atoms with Crippen LogP contribution < -0.4 is 5.32 Å². The third kappa shape index (κ3) is 3.44. The minimum absolute atomic E-state index is 0.0260. The van der Waals surface area contributed by atoms with Crippen molar-refractivity contribution in [2.75, 3.05) is 5.32 Å². The van der Waals surface area contributed by atoms with Gasteiger partial charge < -0.3 is 5.32 Å². The van der Waals surface area contributed by atoms with Crippen LogP contribution in [0.25, 0.3) is 0 Å². The van der Waals surface area contributed by atoms with Crippen LogP contribution in [0.4, 0.5) is 11.4 Å². The van der Waals surface area contributed by atoms with Gasteiger partial charge in [0.05, 0.1) is 21.2 Å². The fraction of sp³-hybridized carbons (Fsp3) is 0. The lowest BCUT2D eigenvalue weighted by Gasteiger charge is -2.09. The number of benzene rings is 2. The number of nitrogens with zero attached hydrogens (tertiary/aromatic N) is 1. The number of rotatable bonds is 3. The number of anilines is 1. The van der Waals surface area contributed by atoms with Gasteiger partial charge in [-0.05, 0) is 24.3 Å². The molecule has 0 heterocycles. The van der Waals surface area contributed by atoms with E-state index in [1.807, 2.05) is 0 Å². The molecule has 5 nitrogen and oxygen atoms in total. The Morgan fingerprint density at radius 2 is 1.86 bits per heavy atom. The Kier molecular flexibility index (Phi) is 4.67. The summed E-state index contributed by atoms with van der Waals surface area (Å²) in [5.41, 5.74) is -0.0832. The Balaban J connectivity index is 2.35. The number of carbonyl (C=O) groups is 1. The van der Waals surface area contributed by atoms with Gasteiger partial charge in [0.2, 0.25) is 0 Å². The van der Waals surface area contributed by atoms with Crippen LogP contribution in [0.5, 0.6) is 0 Å². The van der Waals surface area contributed by atoms with Crippen LogP contribution >= 0.6 is 34.8 Å². The minimum Gasteiger partial charge on any atom is -0.321 e. The highest BCUT2D eigenvalue weighted by atomic mass is 35.5. The molecule has 0 atom stereocenters. The summed E-state index contributed by atoms with van der Waals surface area (Å²) in [5, 5.41) is 13.8. The zero-order valence-corrected chi connectivity index (χ0v) is 12.5. The maximum Gasteiger partial charge on any atom is 0.288 e. The Morgan fingerprint density at radius 3 is 2.52 bits per heavy atom. The first-order chi connectivity index (χ1) is 9.90. The summed E-state index contributed by atoms with van der Waals surface area (Å²) >= 11 is 17.6. The smallest absolute Gasteiger partial charge is 0.288 e. The summed E-state index contributed by atoms with van der Waals surface area (Å²) in [4.78, 5) is 22.3. The average Bonchev–Trinajstić information content (AvgIpc) is 2.42. The summed E-state index contributed by atoms with van der Waals surface area (Å²) in [7, 11) is 0. The summed E-state index contributed by atoms with van der Waals surface area (Å²) in [6, 6.07) is 8.52. The van der Waals surface area contributed by atoms with E-state index in [9.17, 15) is 14.9 Å². The summed E-state index contributed by atoms with van der Waals surface area (Å²) in [5.74, 6) is -0.618. The van der Waals surface area contributed by atoms with Gasteiger partial charge in [-0.1, -0.05) is 40.9 Å². The molecule has 1 N–H and O–H groups in total. The average molecular weight is 346 g/mol. The van der Waals surface area contributed by atoms with Gasteiger partial charge in [-0.15, -0.1) is 0 Å². The van der Waals surface area contributed by atoms with Gasteiger partial charge in [0.1, 0.15) is 5.02 Å². The van der Waals surface area contributed by atoms with Gasteiger partial charge in [0.15, 0.2) is 0 Å². The molecule has 2 aromatic carbocycles. The van der Waals surface area contributed by atoms with E-state index in [-0.39, 0.29) is 27.0 Å². The SMILES string of the molecule is O=C(Nc1cc(Cl)ccc1Cl)c1cccc([N+](=O)[O-])c1Cl. The molecule has 108 valence electrons. The molecule has 2 aromatic rings. The Labute approximate surface area is 134 Å². The standard InChI is InChI=1S/C13H7Cl3N2O3/c14-7-4-5-9(15)10(6-7)17-13(19)8-2-1-3-11(12(8)16)18(20)21/h1-6H,(H,17,19). The first-order valence-electron chi connectivity index (χ1n) is 5.59. The highest BCUT2D eigenvalue weighted by molar-refractivity contribution is 6.38. The molecular formula is C13H7Cl3N2O3. The van der Waals surface area contributed by atoms with Crippen LogP contribution in [0.1, 0.15) is 10.4 Å². The maximum absolute atomic E-state index is 12.2. The van der Waals surface area contributed by atoms with E-state index in [1.54, 1.807) is 6.07 Å². The summed E-state index contributed by atoms with van der Waals surface area (Å²) in [6.07, 6.45) is 0. The molecule has 0 aliphatic carbocycles. The molecule has 0 fully saturated rings. The van der Waals surface area contributed by atoms with Crippen LogP contribution in [-0.2, 0) is 0 Å². The van der Waals surface area contributed by atoms with E-state index in [0.29, 0.717) is 5.02 Å². The number of nitro benzene ring substituents is 1. The Hall–Kier alpha value is -1.82. The molecule has 0 radical (unpaired) electrons. The largest absolute Gasteiger partial charge is 0.321 e. The number of hydrogen-bond donors (Lipinski definition) is 1. The summed E-state index contributed by atoms with van der Waals surface area (Å²) in [6.45, 7) is 0. The minimum atomic E-state index is -0.661. The van der Waals surface area contributed by atoms with E-state index in [2.05, 4.69) is 5.32 Å². The van der Waals surface area contributed by atoms with E-state index < -0.39 is 10.8 Å². The van der Waals surface area contributed by atoms with Crippen molar-refractivity contribution >= 4 is 52.1 Å². The lowest BCUT2D eigenvalue weighted by molar-refractivity contribution is -0.384. The fourth-order valence-electron chi connectivity index (χ4n) is 1.62. The predicted octanol–water partition coefficient (Wildman–Crippen LogP) is 4.81. The first-order valence-corrected chi connectivity index (χ1v) is 6.73. The predicted molar refractivity (Wildman–Crippen MR) is 82.5 cm³/mol. The van der Waals surface area contributed by atoms with Gasteiger partial charge >= 0.3 is 0 Å². The molecule has 0 aromatic heterocycles. The third-order valence-electron chi connectivity index (χ3n) is 2.60. The van der Waals surface area contributed by atoms with E-state index in [0.717, 1.165) is 0 Å². The lowest BCUT2D eigenvalue weighted by Crippen LogP contribution is -2.13. The van der Waals surface area contributed by atoms with Crippen molar-refractivity contribution in [1.29, 1.82) is 0 Å². The molecule has 0 bridgehead atoms. The maximum atomic E-state index is 12.2. The lowest BCUT2D eigenvalue weighted by atomic mass is 10.2. The van der Waals surface area contributed by atoms with Crippen molar-refractivity contribution in [3.8, 4) is 0 Å². The topological polar surface area (TPSA) is 72.2 Å². The number of halogens is 3. The van der Waals surface area contributed by atoms with Gasteiger partial charge in [-0.3, -0.25) is 14.9 Å². The highest BCUT2D eigenvalue weighted by Crippen LogP contribution is 2.30. The van der Waals surface area contributed by atoms with Gasteiger partial charge in [0.25, 0.3) is 11.6 Å². The molecule has 0 unspecified atom stereocenters. The number of amides is 1. The molecule has 1 amide bonds. The normalized spacial score (nSPS) is 10.2. The molecule has 0 saturated carbocycles. The Morgan fingerprint density at radius 1 is 1.14 bits per heavy atom. The molecule has 0 spiro atoms. The van der Waals surface area contributed by atoms with Crippen molar-refractivity contribution in [2.45, 2.75) is 0 Å². The number of carbonyl (C=O) groups excluding carboxylic acids is 1. The zero-order valence-electron chi connectivity index (χ0n) is 10.3. The number of hydrogen-bond acceptors (Lipinski definition) is 3. The van der Waals surface area contributed by atoms with E-state index >= 15 is 0 Å². The number of nitrogens with one attached hydrogen (secondary N) is 1. The second-order valence-corrected chi connectivity index (χ2v) is 5.20. The van der Waals surface area contributed by atoms with Crippen LogP contribution in [0.2, 0.25) is 15.1 Å². The quantitative estimate of drug-likeness (QED) is 0.641. The molecule has 0 saturated heterocycles. The molecule has 2 rings (SSSR count). The van der Waals surface area contributed by atoms with Crippen molar-refractivity contribution in [3.05, 3.63) is 67.1 Å². The number of nitro groups is 1. The molecule has 0 aliphatic rings. The van der Waals surface area contributed by atoms with Gasteiger partial charge in [0, 0.05) is 11.1 Å². The third-order valence-corrected chi connectivity index (χ3v) is 3.56. The van der Waals surface area contributed by atoms with Crippen molar-refractivity contribution < 1.29 is 9.72 Å². The first kappa shape index (κ1) is 15.6. The highest BCUT2D eigenvalue weighted by Gasteiger charge is 2.20. The van der Waals surface area contributed by atoms with Crippen molar-refractivity contribution in [1.82, 2.24) is 0 Å². The second-order valence-electron chi connectivity index (χ2n) is 3.97. The van der Waals surface area contributed by atoms with E-state index in [4.69, 9.17) is 34.8 Å². The molecule has 0 aliphatic heterocycles. The van der Waals surface area contributed by atoms with Crippen LogP contribution in [0.15, 0.2) is 36.4 Å². The van der Waals surface area contributed by atoms with Crippen LogP contribution in [-0.4, -0.2) is 10.8 Å². The summed E-state index contributed by atoms with van der Waals surface area (Å²) < 4.78 is 0. The molecule has 21 heavy (non-hydrogen) atoms.